The SMILES string of the molecule is CC(C)C(O)c1ccn(Cc2ccc(Br)s2)c1. The number of hydrogen-bond acceptors (Lipinski definition) is 2. The van der Waals surface area contributed by atoms with Gasteiger partial charge in [0.25, 0.3) is 0 Å². The minimum absolute atomic E-state index is 0.252. The van der Waals surface area contributed by atoms with E-state index in [0.717, 1.165) is 15.9 Å². The molecule has 4 heteroatoms. The summed E-state index contributed by atoms with van der Waals surface area (Å²) < 4.78 is 3.27. The highest BCUT2D eigenvalue weighted by atomic mass is 79.9. The summed E-state index contributed by atoms with van der Waals surface area (Å²) in [5.74, 6) is 0.252. The van der Waals surface area contributed by atoms with Crippen LogP contribution in [0.1, 0.15) is 30.4 Å². The molecule has 0 radical (unpaired) electrons. The van der Waals surface area contributed by atoms with Gasteiger partial charge in [-0.05, 0) is 45.6 Å². The van der Waals surface area contributed by atoms with Gasteiger partial charge >= 0.3 is 0 Å². The van der Waals surface area contributed by atoms with Crippen molar-refractivity contribution in [3.8, 4) is 0 Å². The third-order valence-electron chi connectivity index (χ3n) is 2.71. The monoisotopic (exact) mass is 313 g/mol. The number of aromatic nitrogens is 1. The smallest absolute Gasteiger partial charge is 0.0827 e. The maximum absolute atomic E-state index is 9.96. The summed E-state index contributed by atoms with van der Waals surface area (Å²) in [7, 11) is 0. The summed E-state index contributed by atoms with van der Waals surface area (Å²) >= 11 is 5.20. The van der Waals surface area contributed by atoms with E-state index in [9.17, 15) is 5.11 Å². The largest absolute Gasteiger partial charge is 0.388 e. The van der Waals surface area contributed by atoms with Gasteiger partial charge in [0.05, 0.1) is 16.4 Å². The molecule has 2 heterocycles. The minimum Gasteiger partial charge on any atom is -0.388 e. The Balaban J connectivity index is 2.08. The second-order valence-corrected chi connectivity index (χ2v) is 7.06. The quantitative estimate of drug-likeness (QED) is 0.905. The Hall–Kier alpha value is -0.580. The number of aliphatic hydroxyl groups excluding tert-OH is 1. The van der Waals surface area contributed by atoms with E-state index in [2.05, 4.69) is 32.6 Å². The van der Waals surface area contributed by atoms with Crippen molar-refractivity contribution in [2.24, 2.45) is 5.92 Å². The van der Waals surface area contributed by atoms with Crippen LogP contribution in [0.4, 0.5) is 0 Å². The number of thiophene rings is 1. The molecule has 0 fully saturated rings. The fourth-order valence-electron chi connectivity index (χ4n) is 1.73. The average Bonchev–Trinajstić information content (AvgIpc) is 2.87. The molecule has 2 rings (SSSR count). The number of hydrogen-bond donors (Lipinski definition) is 1. The molecular formula is C13H16BrNOS. The van der Waals surface area contributed by atoms with Crippen LogP contribution in [-0.4, -0.2) is 9.67 Å². The number of nitrogens with zero attached hydrogens (tertiary/aromatic N) is 1. The zero-order valence-electron chi connectivity index (χ0n) is 9.93. The van der Waals surface area contributed by atoms with Crippen molar-refractivity contribution < 1.29 is 5.11 Å². The van der Waals surface area contributed by atoms with E-state index in [-0.39, 0.29) is 12.0 Å². The Morgan fingerprint density at radius 1 is 1.35 bits per heavy atom. The van der Waals surface area contributed by atoms with Gasteiger partial charge in [-0.15, -0.1) is 11.3 Å². The summed E-state index contributed by atoms with van der Waals surface area (Å²) in [5.41, 5.74) is 0.996. The predicted molar refractivity (Wildman–Crippen MR) is 75.4 cm³/mol. The summed E-state index contributed by atoms with van der Waals surface area (Å²) in [6.07, 6.45) is 3.68. The molecule has 0 aromatic carbocycles. The van der Waals surface area contributed by atoms with Crippen molar-refractivity contribution in [3.05, 3.63) is 44.8 Å². The number of aliphatic hydroxyl groups is 1. The Labute approximate surface area is 114 Å². The molecule has 0 aliphatic heterocycles. The molecule has 2 aromatic heterocycles. The van der Waals surface area contributed by atoms with Crippen molar-refractivity contribution >= 4 is 27.3 Å². The molecule has 2 aromatic rings. The molecule has 0 bridgehead atoms. The molecule has 1 unspecified atom stereocenters. The number of rotatable bonds is 4. The molecule has 17 heavy (non-hydrogen) atoms. The summed E-state index contributed by atoms with van der Waals surface area (Å²) in [6.45, 7) is 4.91. The molecule has 0 amide bonds. The maximum atomic E-state index is 9.96. The van der Waals surface area contributed by atoms with Crippen molar-refractivity contribution in [1.82, 2.24) is 4.57 Å². The lowest BCUT2D eigenvalue weighted by atomic mass is 10.0. The minimum atomic E-state index is -0.369. The lowest BCUT2D eigenvalue weighted by molar-refractivity contribution is 0.127. The van der Waals surface area contributed by atoms with E-state index in [1.807, 2.05) is 32.3 Å². The van der Waals surface area contributed by atoms with Gasteiger partial charge in [0.1, 0.15) is 0 Å². The van der Waals surface area contributed by atoms with Gasteiger partial charge in [0.15, 0.2) is 0 Å². The molecule has 2 nitrogen and oxygen atoms in total. The van der Waals surface area contributed by atoms with Crippen LogP contribution in [-0.2, 0) is 6.54 Å². The van der Waals surface area contributed by atoms with Crippen LogP contribution in [0.25, 0.3) is 0 Å². The zero-order chi connectivity index (χ0) is 12.4. The van der Waals surface area contributed by atoms with Gasteiger partial charge in [0, 0.05) is 17.3 Å². The lowest BCUT2D eigenvalue weighted by Crippen LogP contribution is -2.04. The van der Waals surface area contributed by atoms with Gasteiger partial charge < -0.3 is 9.67 Å². The van der Waals surface area contributed by atoms with Gasteiger partial charge in [0.2, 0.25) is 0 Å². The Morgan fingerprint density at radius 2 is 2.12 bits per heavy atom. The molecule has 1 N–H and O–H groups in total. The Kier molecular flexibility index (Phi) is 4.07. The highest BCUT2D eigenvalue weighted by Crippen LogP contribution is 2.25. The summed E-state index contributed by atoms with van der Waals surface area (Å²) in [6, 6.07) is 6.17. The number of halogens is 1. The van der Waals surface area contributed by atoms with Crippen molar-refractivity contribution in [1.29, 1.82) is 0 Å². The van der Waals surface area contributed by atoms with Crippen LogP contribution in [0.5, 0.6) is 0 Å². The summed E-state index contributed by atoms with van der Waals surface area (Å²) in [5, 5.41) is 9.96. The van der Waals surface area contributed by atoms with Crippen molar-refractivity contribution in [2.75, 3.05) is 0 Å². The van der Waals surface area contributed by atoms with Crippen LogP contribution >= 0.6 is 27.3 Å². The second kappa shape index (κ2) is 5.38. The zero-order valence-corrected chi connectivity index (χ0v) is 12.3. The first kappa shape index (κ1) is 12.9. The Bertz CT molecular complexity index is 489. The molecule has 92 valence electrons. The van der Waals surface area contributed by atoms with Crippen molar-refractivity contribution in [3.63, 3.8) is 0 Å². The highest BCUT2D eigenvalue weighted by molar-refractivity contribution is 9.11. The first-order valence-electron chi connectivity index (χ1n) is 5.64. The van der Waals surface area contributed by atoms with Gasteiger partial charge in [-0.2, -0.15) is 0 Å². The van der Waals surface area contributed by atoms with Gasteiger partial charge in [-0.3, -0.25) is 0 Å². The normalized spacial score (nSPS) is 13.2. The third-order valence-corrected chi connectivity index (χ3v) is 4.32. The van der Waals surface area contributed by atoms with Crippen LogP contribution in [0.2, 0.25) is 0 Å². The van der Waals surface area contributed by atoms with Crippen LogP contribution < -0.4 is 0 Å². The predicted octanol–water partition coefficient (Wildman–Crippen LogP) is 4.05. The van der Waals surface area contributed by atoms with E-state index < -0.39 is 0 Å². The maximum Gasteiger partial charge on any atom is 0.0827 e. The molecule has 0 aliphatic carbocycles. The molecule has 1 atom stereocenters. The molecule has 0 aliphatic rings. The fourth-order valence-corrected chi connectivity index (χ4v) is 3.23. The van der Waals surface area contributed by atoms with Crippen molar-refractivity contribution in [2.45, 2.75) is 26.5 Å². The molecule has 0 spiro atoms. The average molecular weight is 314 g/mol. The van der Waals surface area contributed by atoms with E-state index in [0.29, 0.717) is 0 Å². The highest BCUT2D eigenvalue weighted by Gasteiger charge is 2.13. The molecular weight excluding hydrogens is 298 g/mol. The standard InChI is InChI=1S/C13H16BrNOS/c1-9(2)13(16)10-5-6-15(7-10)8-11-3-4-12(14)17-11/h3-7,9,13,16H,8H2,1-2H3. The molecule has 0 saturated heterocycles. The Morgan fingerprint density at radius 3 is 2.71 bits per heavy atom. The van der Waals surface area contributed by atoms with E-state index in [1.165, 1.54) is 4.88 Å². The third kappa shape index (κ3) is 3.21. The topological polar surface area (TPSA) is 25.2 Å². The van der Waals surface area contributed by atoms with Gasteiger partial charge in [-0.1, -0.05) is 13.8 Å². The second-order valence-electron chi connectivity index (χ2n) is 4.51. The van der Waals surface area contributed by atoms with Gasteiger partial charge in [-0.25, -0.2) is 0 Å². The van der Waals surface area contributed by atoms with Crippen LogP contribution in [0.15, 0.2) is 34.4 Å². The first-order chi connectivity index (χ1) is 8.06. The van der Waals surface area contributed by atoms with Crippen LogP contribution in [0, 0.1) is 5.92 Å². The fraction of sp³-hybridized carbons (Fsp3) is 0.385. The van der Waals surface area contributed by atoms with E-state index in [4.69, 9.17) is 0 Å². The first-order valence-corrected chi connectivity index (χ1v) is 7.25. The lowest BCUT2D eigenvalue weighted by Gasteiger charge is -2.12. The van der Waals surface area contributed by atoms with E-state index >= 15 is 0 Å². The summed E-state index contributed by atoms with van der Waals surface area (Å²) in [4.78, 5) is 1.30. The van der Waals surface area contributed by atoms with Crippen LogP contribution in [0.3, 0.4) is 0 Å². The molecule has 0 saturated carbocycles. The van der Waals surface area contributed by atoms with E-state index in [1.54, 1.807) is 11.3 Å².